The van der Waals surface area contributed by atoms with Crippen LogP contribution in [-0.2, 0) is 10.0 Å². The average molecular weight is 391 g/mol. The molecule has 1 N–H and O–H groups in total. The van der Waals surface area contributed by atoms with E-state index in [1.165, 1.54) is 12.1 Å². The van der Waals surface area contributed by atoms with Crippen molar-refractivity contribution in [1.82, 2.24) is 9.62 Å². The second-order valence-corrected chi connectivity index (χ2v) is 8.96. The number of halogens is 1. The first-order valence-electron chi connectivity index (χ1n) is 9.52. The highest BCUT2D eigenvalue weighted by Crippen LogP contribution is 2.39. The van der Waals surface area contributed by atoms with Crippen LogP contribution in [-0.4, -0.2) is 25.4 Å². The van der Waals surface area contributed by atoms with Gasteiger partial charge in [0.25, 0.3) is 0 Å². The van der Waals surface area contributed by atoms with E-state index in [4.69, 9.17) is 0 Å². The highest BCUT2D eigenvalue weighted by Gasteiger charge is 2.42. The van der Waals surface area contributed by atoms with E-state index in [1.807, 2.05) is 19.1 Å². The third-order valence-corrected chi connectivity index (χ3v) is 7.02. The summed E-state index contributed by atoms with van der Waals surface area (Å²) in [4.78, 5) is 0.296. The zero-order valence-corrected chi connectivity index (χ0v) is 16.7. The van der Waals surface area contributed by atoms with Gasteiger partial charge in [-0.1, -0.05) is 43.2 Å². The highest BCUT2D eigenvalue weighted by atomic mass is 32.2. The highest BCUT2D eigenvalue weighted by molar-refractivity contribution is 7.89. The van der Waals surface area contributed by atoms with Crippen LogP contribution in [0.25, 0.3) is 0 Å². The van der Waals surface area contributed by atoms with E-state index in [-0.39, 0.29) is 18.0 Å². The van der Waals surface area contributed by atoms with Crippen LogP contribution in [0.5, 0.6) is 0 Å². The standard InChI is InChI=1S/C21H27FN2O2S/c1-3-4-15-23-21-14-13-20(17-7-9-18(22)10-8-17)24(21)27(25,26)19-11-5-16(2)6-12-19/h5-12,20-21,23H,3-4,13-15H2,1-2H3. The van der Waals surface area contributed by atoms with Gasteiger partial charge in [0.1, 0.15) is 5.82 Å². The van der Waals surface area contributed by atoms with Gasteiger partial charge in [-0.25, -0.2) is 12.8 Å². The molecule has 1 aliphatic rings. The van der Waals surface area contributed by atoms with Crippen molar-refractivity contribution in [1.29, 1.82) is 0 Å². The number of nitrogens with one attached hydrogen (secondary N) is 1. The number of hydrogen-bond donors (Lipinski definition) is 1. The number of unbranched alkanes of at least 4 members (excludes halogenated alkanes) is 1. The Labute approximate surface area is 161 Å². The average Bonchev–Trinajstić information content (AvgIpc) is 3.08. The summed E-state index contributed by atoms with van der Waals surface area (Å²) in [5, 5.41) is 3.40. The van der Waals surface area contributed by atoms with Crippen molar-refractivity contribution in [2.45, 2.75) is 56.6 Å². The van der Waals surface area contributed by atoms with Crippen molar-refractivity contribution in [2.75, 3.05) is 6.54 Å². The Hall–Kier alpha value is -1.76. The molecular weight excluding hydrogens is 363 g/mol. The zero-order chi connectivity index (χ0) is 19.4. The van der Waals surface area contributed by atoms with Gasteiger partial charge in [0.05, 0.1) is 17.1 Å². The molecule has 1 heterocycles. The molecule has 1 fully saturated rings. The lowest BCUT2D eigenvalue weighted by atomic mass is 10.1. The van der Waals surface area contributed by atoms with Gasteiger partial charge in [-0.3, -0.25) is 0 Å². The van der Waals surface area contributed by atoms with E-state index in [1.54, 1.807) is 28.6 Å². The molecule has 1 aliphatic heterocycles. The minimum atomic E-state index is -3.67. The number of benzene rings is 2. The predicted molar refractivity (Wildman–Crippen MR) is 105 cm³/mol. The summed E-state index contributed by atoms with van der Waals surface area (Å²) in [5.41, 5.74) is 1.84. The number of rotatable bonds is 7. The second kappa shape index (κ2) is 8.50. The Morgan fingerprint density at radius 1 is 1.07 bits per heavy atom. The van der Waals surface area contributed by atoms with Crippen molar-refractivity contribution in [2.24, 2.45) is 0 Å². The second-order valence-electron chi connectivity index (χ2n) is 7.12. The molecule has 0 amide bonds. The summed E-state index contributed by atoms with van der Waals surface area (Å²) in [7, 11) is -3.67. The monoisotopic (exact) mass is 390 g/mol. The van der Waals surface area contributed by atoms with Gasteiger partial charge in [0.2, 0.25) is 10.0 Å². The van der Waals surface area contributed by atoms with Crippen molar-refractivity contribution >= 4 is 10.0 Å². The van der Waals surface area contributed by atoms with Gasteiger partial charge in [-0.05, 0) is 62.6 Å². The maximum atomic E-state index is 13.5. The Morgan fingerprint density at radius 3 is 2.37 bits per heavy atom. The van der Waals surface area contributed by atoms with Gasteiger partial charge in [-0.15, -0.1) is 0 Å². The third-order valence-electron chi connectivity index (χ3n) is 5.09. The van der Waals surface area contributed by atoms with Crippen LogP contribution in [0.2, 0.25) is 0 Å². The minimum Gasteiger partial charge on any atom is -0.301 e. The molecule has 146 valence electrons. The van der Waals surface area contributed by atoms with E-state index >= 15 is 0 Å². The lowest BCUT2D eigenvalue weighted by molar-refractivity contribution is 0.285. The van der Waals surface area contributed by atoms with Crippen LogP contribution in [0.15, 0.2) is 53.4 Å². The Morgan fingerprint density at radius 2 is 1.74 bits per heavy atom. The fourth-order valence-corrected chi connectivity index (χ4v) is 5.39. The molecule has 0 aliphatic carbocycles. The SMILES string of the molecule is CCCCNC1CCC(c2ccc(F)cc2)N1S(=O)(=O)c1ccc(C)cc1. The summed E-state index contributed by atoms with van der Waals surface area (Å²) in [5.74, 6) is -0.317. The van der Waals surface area contributed by atoms with Crippen molar-refractivity contribution in [3.05, 3.63) is 65.5 Å². The predicted octanol–water partition coefficient (Wildman–Crippen LogP) is 4.38. The van der Waals surface area contributed by atoms with Gasteiger partial charge < -0.3 is 5.32 Å². The molecule has 27 heavy (non-hydrogen) atoms. The van der Waals surface area contributed by atoms with E-state index in [2.05, 4.69) is 12.2 Å². The molecule has 0 spiro atoms. The first-order valence-corrected chi connectivity index (χ1v) is 11.0. The summed E-state index contributed by atoms with van der Waals surface area (Å²) in [6.07, 6.45) is 3.23. The smallest absolute Gasteiger partial charge is 0.245 e. The first kappa shape index (κ1) is 20.0. The van der Waals surface area contributed by atoms with Gasteiger partial charge in [-0.2, -0.15) is 4.31 Å². The maximum Gasteiger partial charge on any atom is 0.245 e. The molecule has 2 atom stereocenters. The van der Waals surface area contributed by atoms with Crippen LogP contribution in [0.4, 0.5) is 4.39 Å². The minimum absolute atomic E-state index is 0.252. The van der Waals surface area contributed by atoms with E-state index in [0.29, 0.717) is 11.3 Å². The lowest BCUT2D eigenvalue weighted by Gasteiger charge is -2.30. The van der Waals surface area contributed by atoms with Crippen LogP contribution >= 0.6 is 0 Å². The quantitative estimate of drug-likeness (QED) is 0.714. The topological polar surface area (TPSA) is 49.4 Å². The fourth-order valence-electron chi connectivity index (χ4n) is 3.59. The fraction of sp³-hybridized carbons (Fsp3) is 0.429. The Bertz CT molecular complexity index is 851. The van der Waals surface area contributed by atoms with Crippen molar-refractivity contribution in [3.8, 4) is 0 Å². The van der Waals surface area contributed by atoms with Crippen LogP contribution < -0.4 is 5.32 Å². The van der Waals surface area contributed by atoms with Crippen molar-refractivity contribution < 1.29 is 12.8 Å². The van der Waals surface area contributed by atoms with Crippen LogP contribution in [0.3, 0.4) is 0 Å². The molecule has 2 aromatic rings. The summed E-state index contributed by atoms with van der Waals surface area (Å²) in [6.45, 7) is 4.82. The Balaban J connectivity index is 1.96. The molecule has 0 bridgehead atoms. The van der Waals surface area contributed by atoms with Gasteiger partial charge >= 0.3 is 0 Å². The van der Waals surface area contributed by atoms with Gasteiger partial charge in [0.15, 0.2) is 0 Å². The van der Waals surface area contributed by atoms with Gasteiger partial charge in [0, 0.05) is 0 Å². The molecule has 0 radical (unpaired) electrons. The van der Waals surface area contributed by atoms with E-state index in [9.17, 15) is 12.8 Å². The largest absolute Gasteiger partial charge is 0.301 e. The maximum absolute atomic E-state index is 13.5. The summed E-state index contributed by atoms with van der Waals surface area (Å²) < 4.78 is 41.8. The number of sulfonamides is 1. The number of nitrogens with zero attached hydrogens (tertiary/aromatic N) is 1. The third kappa shape index (κ3) is 4.39. The molecule has 1 saturated heterocycles. The molecule has 2 unspecified atom stereocenters. The van der Waals surface area contributed by atoms with E-state index in [0.717, 1.165) is 36.9 Å². The molecule has 4 nitrogen and oxygen atoms in total. The number of aryl methyl sites for hydroxylation is 1. The molecule has 3 rings (SSSR count). The number of hydrogen-bond acceptors (Lipinski definition) is 3. The van der Waals surface area contributed by atoms with Crippen molar-refractivity contribution in [3.63, 3.8) is 0 Å². The lowest BCUT2D eigenvalue weighted by Crippen LogP contribution is -2.45. The molecule has 0 saturated carbocycles. The summed E-state index contributed by atoms with van der Waals surface area (Å²) in [6, 6.07) is 12.8. The normalized spacial score (nSPS) is 20.9. The first-order chi connectivity index (χ1) is 12.9. The molecule has 2 aromatic carbocycles. The zero-order valence-electron chi connectivity index (χ0n) is 15.9. The summed E-state index contributed by atoms with van der Waals surface area (Å²) >= 11 is 0. The molecular formula is C21H27FN2O2S. The van der Waals surface area contributed by atoms with E-state index < -0.39 is 10.0 Å². The van der Waals surface area contributed by atoms with Crippen LogP contribution in [0, 0.1) is 12.7 Å². The van der Waals surface area contributed by atoms with Crippen LogP contribution in [0.1, 0.15) is 49.8 Å². The Kier molecular flexibility index (Phi) is 6.29. The molecule has 0 aromatic heterocycles. The molecule has 6 heteroatoms.